The fourth-order valence-corrected chi connectivity index (χ4v) is 9.88. The van der Waals surface area contributed by atoms with E-state index in [1.165, 1.54) is 48.9 Å². The van der Waals surface area contributed by atoms with E-state index in [1.54, 1.807) is 0 Å². The van der Waals surface area contributed by atoms with Gasteiger partial charge >= 0.3 is 0 Å². The molecule has 0 aliphatic rings. The van der Waals surface area contributed by atoms with E-state index in [4.69, 9.17) is 4.42 Å². The van der Waals surface area contributed by atoms with Gasteiger partial charge in [-0.25, -0.2) is 0 Å². The average Bonchev–Trinajstić information content (AvgIpc) is 4.00. The summed E-state index contributed by atoms with van der Waals surface area (Å²) in [5, 5.41) is 9.75. The Bertz CT molecular complexity index is 3850. The number of hydrogen-bond donors (Lipinski definition) is 0. The number of para-hydroxylation sites is 4. The van der Waals surface area contributed by atoms with Gasteiger partial charge in [-0.15, -0.1) is 0 Å². The Kier molecular flexibility index (Phi) is 7.57. The first-order valence-electron chi connectivity index (χ1n) is 21.2. The van der Waals surface area contributed by atoms with Crippen LogP contribution in [0.1, 0.15) is 0 Å². The molecule has 290 valence electrons. The van der Waals surface area contributed by atoms with Crippen LogP contribution >= 0.6 is 0 Å². The molecule has 0 atom stereocenters. The highest BCUT2D eigenvalue weighted by Crippen LogP contribution is 2.43. The van der Waals surface area contributed by atoms with Crippen LogP contribution in [0.25, 0.3) is 98.8 Å². The normalized spacial score (nSPS) is 11.9. The van der Waals surface area contributed by atoms with Crippen molar-refractivity contribution in [1.82, 2.24) is 9.13 Å². The van der Waals surface area contributed by atoms with E-state index in [0.717, 1.165) is 67.0 Å². The Morgan fingerprint density at radius 3 is 1.66 bits per heavy atom. The number of nitrogens with zero attached hydrogens (tertiary/aromatic N) is 3. The van der Waals surface area contributed by atoms with Crippen molar-refractivity contribution >= 4 is 93.4 Å². The molecule has 4 heteroatoms. The SMILES string of the molecule is c1ccc(-n2c3ccccc3c3ccc(N(c4ccc(-c5ccc(-n6c7ccccc7c7c8ccccc8ccc76)cc5)cc4)c4ccc5oc6ccccc6c5c4)cc32)cc1. The van der Waals surface area contributed by atoms with Crippen molar-refractivity contribution < 1.29 is 4.42 Å². The molecule has 0 N–H and O–H groups in total. The molecule has 10 aromatic carbocycles. The second kappa shape index (κ2) is 13.6. The average molecular weight is 792 g/mol. The molecule has 0 aliphatic heterocycles. The number of hydrogen-bond acceptors (Lipinski definition) is 2. The maximum Gasteiger partial charge on any atom is 0.135 e. The lowest BCUT2D eigenvalue weighted by atomic mass is 10.0. The fourth-order valence-electron chi connectivity index (χ4n) is 9.88. The van der Waals surface area contributed by atoms with Gasteiger partial charge < -0.3 is 18.5 Å². The van der Waals surface area contributed by atoms with Gasteiger partial charge in [0.05, 0.1) is 22.1 Å². The molecule has 3 heterocycles. The van der Waals surface area contributed by atoms with E-state index in [9.17, 15) is 0 Å². The molecule has 3 aromatic heterocycles. The zero-order valence-electron chi connectivity index (χ0n) is 33.6. The first-order valence-corrected chi connectivity index (χ1v) is 21.2. The van der Waals surface area contributed by atoms with Crippen LogP contribution in [0.2, 0.25) is 0 Å². The Morgan fingerprint density at radius 2 is 0.855 bits per heavy atom. The van der Waals surface area contributed by atoms with E-state index in [-0.39, 0.29) is 0 Å². The van der Waals surface area contributed by atoms with E-state index in [0.29, 0.717) is 0 Å². The number of aromatic nitrogens is 2. The summed E-state index contributed by atoms with van der Waals surface area (Å²) in [5.41, 5.74) is 14.3. The first-order chi connectivity index (χ1) is 30.7. The summed E-state index contributed by atoms with van der Waals surface area (Å²) in [5.74, 6) is 0. The highest BCUT2D eigenvalue weighted by Gasteiger charge is 2.20. The minimum atomic E-state index is 0.877. The van der Waals surface area contributed by atoms with Gasteiger partial charge in [-0.2, -0.15) is 0 Å². The summed E-state index contributed by atoms with van der Waals surface area (Å²) in [6, 6.07) is 81.0. The third-order valence-corrected chi connectivity index (χ3v) is 12.7. The van der Waals surface area contributed by atoms with Gasteiger partial charge in [0, 0.05) is 60.8 Å². The lowest BCUT2D eigenvalue weighted by molar-refractivity contribution is 0.669. The molecule has 4 nitrogen and oxygen atoms in total. The highest BCUT2D eigenvalue weighted by atomic mass is 16.3. The summed E-state index contributed by atoms with van der Waals surface area (Å²) in [6.07, 6.45) is 0. The van der Waals surface area contributed by atoms with Crippen LogP contribution < -0.4 is 4.90 Å². The van der Waals surface area contributed by atoms with Crippen LogP contribution in [0.15, 0.2) is 229 Å². The van der Waals surface area contributed by atoms with Crippen LogP contribution in [0.4, 0.5) is 17.1 Å². The Morgan fingerprint density at radius 1 is 0.306 bits per heavy atom. The van der Waals surface area contributed by atoms with E-state index in [2.05, 4.69) is 226 Å². The van der Waals surface area contributed by atoms with Crippen LogP contribution in [-0.4, -0.2) is 9.13 Å². The van der Waals surface area contributed by atoms with Crippen molar-refractivity contribution in [3.8, 4) is 22.5 Å². The van der Waals surface area contributed by atoms with E-state index < -0.39 is 0 Å². The molecule has 0 amide bonds. The second-order valence-corrected chi connectivity index (χ2v) is 16.1. The Labute approximate surface area is 357 Å². The predicted molar refractivity (Wildman–Crippen MR) is 260 cm³/mol. The minimum Gasteiger partial charge on any atom is -0.456 e. The molecular weight excluding hydrogens is 755 g/mol. The molecule has 0 saturated heterocycles. The smallest absolute Gasteiger partial charge is 0.135 e. The summed E-state index contributed by atoms with van der Waals surface area (Å²) in [4.78, 5) is 2.37. The lowest BCUT2D eigenvalue weighted by Gasteiger charge is -2.26. The molecular formula is C58H37N3O. The standard InChI is InChI=1S/C58H37N3O/c1-2-13-41(14-3-1)61-52-19-9-6-16-47(52)48-33-31-45(37-55(48)61)59(44-32-35-57-51(36-44)49-17-8-11-21-56(49)62-57)42-27-22-38(23-28-42)39-24-29-43(30-25-39)60-53-20-10-7-18-50(53)58-46-15-5-4-12-40(46)26-34-54(58)60/h1-37H. The van der Waals surface area contributed by atoms with Gasteiger partial charge in [0.25, 0.3) is 0 Å². The number of fused-ring (bicyclic) bond motifs is 11. The topological polar surface area (TPSA) is 26.2 Å². The number of anilines is 3. The molecule has 0 bridgehead atoms. The first kappa shape index (κ1) is 34.5. The van der Waals surface area contributed by atoms with Gasteiger partial charge in [-0.3, -0.25) is 0 Å². The van der Waals surface area contributed by atoms with Crippen molar-refractivity contribution in [3.63, 3.8) is 0 Å². The van der Waals surface area contributed by atoms with Crippen molar-refractivity contribution in [2.75, 3.05) is 4.90 Å². The Balaban J connectivity index is 0.933. The van der Waals surface area contributed by atoms with E-state index in [1.807, 2.05) is 12.1 Å². The molecule has 0 spiro atoms. The van der Waals surface area contributed by atoms with Gasteiger partial charge in [-0.1, -0.05) is 133 Å². The Hall–Kier alpha value is -8.34. The van der Waals surface area contributed by atoms with Crippen LogP contribution in [0, 0.1) is 0 Å². The molecule has 0 radical (unpaired) electrons. The van der Waals surface area contributed by atoms with Crippen LogP contribution in [0.3, 0.4) is 0 Å². The van der Waals surface area contributed by atoms with Crippen LogP contribution in [-0.2, 0) is 0 Å². The predicted octanol–water partition coefficient (Wildman–Crippen LogP) is 16.1. The van der Waals surface area contributed by atoms with Crippen molar-refractivity contribution in [3.05, 3.63) is 224 Å². The molecule has 13 aromatic rings. The largest absolute Gasteiger partial charge is 0.456 e. The summed E-state index contributed by atoms with van der Waals surface area (Å²) in [7, 11) is 0. The highest BCUT2D eigenvalue weighted by molar-refractivity contribution is 6.21. The second-order valence-electron chi connectivity index (χ2n) is 16.1. The zero-order chi connectivity index (χ0) is 40.7. The number of furan rings is 1. The summed E-state index contributed by atoms with van der Waals surface area (Å²) in [6.45, 7) is 0. The zero-order valence-corrected chi connectivity index (χ0v) is 33.6. The van der Waals surface area contributed by atoms with Crippen molar-refractivity contribution in [2.45, 2.75) is 0 Å². The number of benzene rings is 10. The van der Waals surface area contributed by atoms with Gasteiger partial charge in [0.1, 0.15) is 11.2 Å². The summed E-state index contributed by atoms with van der Waals surface area (Å²) >= 11 is 0. The summed E-state index contributed by atoms with van der Waals surface area (Å²) < 4.78 is 11.1. The third-order valence-electron chi connectivity index (χ3n) is 12.7. The lowest BCUT2D eigenvalue weighted by Crippen LogP contribution is -2.10. The minimum absolute atomic E-state index is 0.877. The maximum atomic E-state index is 6.29. The molecule has 0 fully saturated rings. The number of rotatable bonds is 6. The van der Waals surface area contributed by atoms with Gasteiger partial charge in [0.15, 0.2) is 0 Å². The molecule has 0 unspecified atom stereocenters. The van der Waals surface area contributed by atoms with Crippen LogP contribution in [0.5, 0.6) is 0 Å². The van der Waals surface area contributed by atoms with Crippen molar-refractivity contribution in [1.29, 1.82) is 0 Å². The molecule has 13 rings (SSSR count). The van der Waals surface area contributed by atoms with Crippen molar-refractivity contribution in [2.24, 2.45) is 0 Å². The maximum absolute atomic E-state index is 6.29. The van der Waals surface area contributed by atoms with Gasteiger partial charge in [-0.05, 0) is 113 Å². The molecule has 0 aliphatic carbocycles. The van der Waals surface area contributed by atoms with Gasteiger partial charge in [0.2, 0.25) is 0 Å². The van der Waals surface area contributed by atoms with E-state index >= 15 is 0 Å². The quantitative estimate of drug-likeness (QED) is 0.168. The monoisotopic (exact) mass is 791 g/mol. The third kappa shape index (κ3) is 5.27. The molecule has 0 saturated carbocycles. The fraction of sp³-hybridized carbons (Fsp3) is 0. The molecule has 62 heavy (non-hydrogen) atoms.